The first-order valence-corrected chi connectivity index (χ1v) is 5.95. The second-order valence-electron chi connectivity index (χ2n) is 3.79. The van der Waals surface area contributed by atoms with Crippen molar-refractivity contribution in [3.8, 4) is 0 Å². The minimum Gasteiger partial charge on any atom is -0.381 e. The Morgan fingerprint density at radius 1 is 1.37 bits per heavy atom. The molecule has 19 heavy (non-hydrogen) atoms. The molecule has 1 amide bonds. The zero-order valence-corrected chi connectivity index (χ0v) is 11.0. The fourth-order valence-corrected chi connectivity index (χ4v) is 1.40. The van der Waals surface area contributed by atoms with Crippen LogP contribution in [0.4, 0.5) is 17.8 Å². The quantitative estimate of drug-likeness (QED) is 0.471. The third kappa shape index (κ3) is 4.21. The van der Waals surface area contributed by atoms with E-state index in [1.54, 1.807) is 0 Å². The van der Waals surface area contributed by atoms with Crippen LogP contribution in [0.1, 0.15) is 13.8 Å². The Kier molecular flexibility index (Phi) is 5.24. The van der Waals surface area contributed by atoms with Crippen molar-refractivity contribution in [3.05, 3.63) is 0 Å². The summed E-state index contributed by atoms with van der Waals surface area (Å²) in [5.74, 6) is -0.130. The largest absolute Gasteiger partial charge is 0.381 e. The summed E-state index contributed by atoms with van der Waals surface area (Å²) < 4.78 is 0. The average molecular weight is 269 g/mol. The number of hydrogen-bond donors (Lipinski definition) is 4. The minimum atomic E-state index is -1.31. The number of nitrogens with one attached hydrogen (secondary N) is 1. The van der Waals surface area contributed by atoms with E-state index in [0.717, 1.165) is 13.1 Å². The average Bonchev–Trinajstić information content (AvgIpc) is 2.36. The van der Waals surface area contributed by atoms with Crippen molar-refractivity contribution in [1.82, 2.24) is 15.0 Å². The van der Waals surface area contributed by atoms with Crippen molar-refractivity contribution < 1.29 is 9.90 Å². The predicted molar refractivity (Wildman–Crippen MR) is 71.5 cm³/mol. The highest BCUT2D eigenvalue weighted by Crippen LogP contribution is 2.11. The number of aliphatic hydroxyl groups excluding tert-OH is 1. The van der Waals surface area contributed by atoms with Gasteiger partial charge in [-0.05, 0) is 13.8 Å². The monoisotopic (exact) mass is 269 g/mol. The van der Waals surface area contributed by atoms with Crippen molar-refractivity contribution in [1.29, 1.82) is 0 Å². The number of carbonyl (C=O) groups is 1. The number of amides is 1. The molecule has 106 valence electrons. The molecule has 1 heterocycles. The number of nitrogens with two attached hydrogens (primary N) is 2. The maximum Gasteiger partial charge on any atom is 0.248 e. The van der Waals surface area contributed by atoms with Crippen LogP contribution in [0.25, 0.3) is 0 Å². The van der Waals surface area contributed by atoms with Gasteiger partial charge in [0.25, 0.3) is 0 Å². The lowest BCUT2D eigenvalue weighted by atomic mass is 10.3. The van der Waals surface area contributed by atoms with Gasteiger partial charge in [-0.15, -0.1) is 0 Å². The topological polar surface area (TPSA) is 143 Å². The van der Waals surface area contributed by atoms with Crippen LogP contribution in [0.3, 0.4) is 0 Å². The first-order valence-electron chi connectivity index (χ1n) is 5.95. The van der Waals surface area contributed by atoms with E-state index in [4.69, 9.17) is 11.5 Å². The van der Waals surface area contributed by atoms with E-state index in [1.807, 2.05) is 18.7 Å². The highest BCUT2D eigenvalue weighted by Gasteiger charge is 2.13. The summed E-state index contributed by atoms with van der Waals surface area (Å²) >= 11 is 0. The number of rotatable bonds is 7. The third-order valence-corrected chi connectivity index (χ3v) is 2.47. The summed E-state index contributed by atoms with van der Waals surface area (Å²) in [7, 11) is 0. The van der Waals surface area contributed by atoms with E-state index < -0.39 is 12.0 Å². The molecule has 0 aliphatic carbocycles. The van der Waals surface area contributed by atoms with Crippen molar-refractivity contribution in [3.63, 3.8) is 0 Å². The number of aromatic nitrogens is 3. The number of hydrogen-bond acceptors (Lipinski definition) is 8. The van der Waals surface area contributed by atoms with Crippen LogP contribution in [-0.4, -0.2) is 51.7 Å². The molecule has 1 rings (SSSR count). The predicted octanol–water partition coefficient (Wildman–Crippen LogP) is -1.44. The lowest BCUT2D eigenvalue weighted by Crippen LogP contribution is -2.34. The Bertz CT molecular complexity index is 436. The Labute approximate surface area is 111 Å². The second kappa shape index (κ2) is 6.69. The molecule has 0 saturated heterocycles. The van der Waals surface area contributed by atoms with Gasteiger partial charge in [0, 0.05) is 13.1 Å². The van der Waals surface area contributed by atoms with Gasteiger partial charge in [0.1, 0.15) is 6.10 Å². The lowest BCUT2D eigenvalue weighted by Gasteiger charge is -2.19. The normalized spacial score (nSPS) is 11.9. The van der Waals surface area contributed by atoms with Gasteiger partial charge in [-0.3, -0.25) is 4.79 Å². The number of primary amides is 1. The van der Waals surface area contributed by atoms with Crippen molar-refractivity contribution >= 4 is 23.8 Å². The summed E-state index contributed by atoms with van der Waals surface area (Å²) in [6.45, 7) is 5.30. The molecule has 1 aromatic heterocycles. The Morgan fingerprint density at radius 3 is 2.53 bits per heavy atom. The van der Waals surface area contributed by atoms with Gasteiger partial charge in [0.05, 0.1) is 6.54 Å². The molecule has 0 spiro atoms. The van der Waals surface area contributed by atoms with Gasteiger partial charge < -0.3 is 26.8 Å². The SMILES string of the molecule is CCN(CC)c1nc(N)nc(NCC(O)C(N)=O)n1. The molecule has 0 bridgehead atoms. The van der Waals surface area contributed by atoms with Crippen molar-refractivity contribution in [2.75, 3.05) is 35.6 Å². The molecule has 9 heteroatoms. The highest BCUT2D eigenvalue weighted by atomic mass is 16.3. The molecule has 1 atom stereocenters. The van der Waals surface area contributed by atoms with Crippen LogP contribution in [0, 0.1) is 0 Å². The van der Waals surface area contributed by atoms with Crippen LogP contribution in [0.2, 0.25) is 0 Å². The Balaban J connectivity index is 2.82. The summed E-state index contributed by atoms with van der Waals surface area (Å²) in [5, 5.41) is 12.0. The molecular weight excluding hydrogens is 250 g/mol. The molecule has 0 saturated carbocycles. The summed E-state index contributed by atoms with van der Waals surface area (Å²) in [4.78, 5) is 24.7. The van der Waals surface area contributed by atoms with Crippen LogP contribution in [-0.2, 0) is 4.79 Å². The minimum absolute atomic E-state index is 0.0629. The second-order valence-corrected chi connectivity index (χ2v) is 3.79. The summed E-state index contributed by atoms with van der Waals surface area (Å²) in [6.07, 6.45) is -1.31. The Hall–Kier alpha value is -2.16. The van der Waals surface area contributed by atoms with E-state index in [9.17, 15) is 9.90 Å². The number of nitrogens with zero attached hydrogens (tertiary/aromatic N) is 4. The van der Waals surface area contributed by atoms with Gasteiger partial charge in [-0.1, -0.05) is 0 Å². The Morgan fingerprint density at radius 2 is 2.00 bits per heavy atom. The van der Waals surface area contributed by atoms with E-state index in [1.165, 1.54) is 0 Å². The van der Waals surface area contributed by atoms with Crippen LogP contribution < -0.4 is 21.7 Å². The van der Waals surface area contributed by atoms with Gasteiger partial charge in [-0.25, -0.2) is 0 Å². The maximum atomic E-state index is 10.7. The number of aliphatic hydroxyl groups is 1. The van der Waals surface area contributed by atoms with Gasteiger partial charge >= 0.3 is 0 Å². The van der Waals surface area contributed by atoms with E-state index in [-0.39, 0.29) is 18.4 Å². The molecule has 1 unspecified atom stereocenters. The molecule has 0 aliphatic heterocycles. The summed E-state index contributed by atoms with van der Waals surface area (Å²) in [6, 6.07) is 0. The first-order chi connectivity index (χ1) is 8.97. The summed E-state index contributed by atoms with van der Waals surface area (Å²) in [5.41, 5.74) is 10.5. The van der Waals surface area contributed by atoms with Crippen LogP contribution >= 0.6 is 0 Å². The fourth-order valence-electron chi connectivity index (χ4n) is 1.40. The molecule has 0 fully saturated rings. The number of anilines is 3. The van der Waals surface area contributed by atoms with Crippen molar-refractivity contribution in [2.45, 2.75) is 20.0 Å². The van der Waals surface area contributed by atoms with Crippen LogP contribution in [0.15, 0.2) is 0 Å². The van der Waals surface area contributed by atoms with Gasteiger partial charge in [0.15, 0.2) is 0 Å². The highest BCUT2D eigenvalue weighted by molar-refractivity contribution is 5.79. The smallest absolute Gasteiger partial charge is 0.248 e. The molecular formula is C10H19N7O2. The number of nitrogen functional groups attached to an aromatic ring is 1. The van der Waals surface area contributed by atoms with E-state index >= 15 is 0 Å². The molecule has 1 aromatic rings. The molecule has 0 radical (unpaired) electrons. The van der Waals surface area contributed by atoms with E-state index in [0.29, 0.717) is 5.95 Å². The third-order valence-electron chi connectivity index (χ3n) is 2.47. The van der Waals surface area contributed by atoms with Gasteiger partial charge in [0.2, 0.25) is 23.8 Å². The van der Waals surface area contributed by atoms with Crippen molar-refractivity contribution in [2.24, 2.45) is 5.73 Å². The van der Waals surface area contributed by atoms with E-state index in [2.05, 4.69) is 20.3 Å². The molecule has 9 nitrogen and oxygen atoms in total. The van der Waals surface area contributed by atoms with Gasteiger partial charge in [-0.2, -0.15) is 15.0 Å². The molecule has 6 N–H and O–H groups in total. The van der Waals surface area contributed by atoms with Crippen LogP contribution in [0.5, 0.6) is 0 Å². The first kappa shape index (κ1) is 14.9. The zero-order chi connectivity index (χ0) is 14.4. The maximum absolute atomic E-state index is 10.7. The zero-order valence-electron chi connectivity index (χ0n) is 11.0. The fraction of sp³-hybridized carbons (Fsp3) is 0.600. The lowest BCUT2D eigenvalue weighted by molar-refractivity contribution is -0.125. The standard InChI is InChI=1S/C10H19N7O2/c1-3-17(4-2)10-15-8(12)14-9(16-10)13-5-6(18)7(11)19/h6,18H,3-5H2,1-2H3,(H2,11,19)(H3,12,13,14,15,16). The molecule has 0 aliphatic rings. The molecule has 0 aromatic carbocycles. The number of carbonyl (C=O) groups excluding carboxylic acids is 1.